The molecule has 8 nitrogen and oxygen atoms in total. The first-order valence-electron chi connectivity index (χ1n) is 16.6. The Kier molecular flexibility index (Phi) is 11.4. The van der Waals surface area contributed by atoms with Crippen LogP contribution in [0.4, 0.5) is 0 Å². The van der Waals surface area contributed by atoms with Gasteiger partial charge < -0.3 is 19.7 Å². The smallest absolute Gasteiger partial charge is 0.246 e. The van der Waals surface area contributed by atoms with Crippen LogP contribution in [0.3, 0.4) is 0 Å². The van der Waals surface area contributed by atoms with E-state index in [1.165, 1.54) is 55.1 Å². The number of likely N-dealkylation sites (tertiary alicyclic amines) is 1. The number of carbonyl (C=O) groups is 1. The van der Waals surface area contributed by atoms with Crippen molar-refractivity contribution in [3.05, 3.63) is 59.2 Å². The van der Waals surface area contributed by atoms with Gasteiger partial charge in [-0.25, -0.2) is 8.42 Å². The van der Waals surface area contributed by atoms with Crippen molar-refractivity contribution in [1.82, 2.24) is 14.5 Å². The van der Waals surface area contributed by atoms with E-state index in [1.807, 2.05) is 0 Å². The molecule has 0 spiro atoms. The fourth-order valence-corrected chi connectivity index (χ4v) is 9.54. The van der Waals surface area contributed by atoms with Crippen LogP contribution in [0.5, 0.6) is 5.75 Å². The zero-order chi connectivity index (χ0) is 31.1. The molecule has 0 bridgehead atoms. The van der Waals surface area contributed by atoms with Gasteiger partial charge in [0, 0.05) is 25.7 Å². The van der Waals surface area contributed by atoms with E-state index >= 15 is 0 Å². The maximum Gasteiger partial charge on any atom is 0.246 e. The Hall–Kier alpha value is -2.46. The molecule has 2 unspecified atom stereocenters. The number of carbonyl (C=O) groups excluding carboxylic acids is 1. The van der Waals surface area contributed by atoms with Crippen LogP contribution in [0.25, 0.3) is 0 Å². The lowest BCUT2D eigenvalue weighted by Crippen LogP contribution is -2.42. The summed E-state index contributed by atoms with van der Waals surface area (Å²) in [5, 5.41) is 3.10. The molecule has 2 heterocycles. The van der Waals surface area contributed by atoms with Gasteiger partial charge in [-0.3, -0.25) is 4.79 Å². The summed E-state index contributed by atoms with van der Waals surface area (Å²) in [7, 11) is -2.09. The topological polar surface area (TPSA) is 88.2 Å². The van der Waals surface area contributed by atoms with E-state index in [0.717, 1.165) is 25.2 Å². The molecule has 0 aromatic heterocycles. The first kappa shape index (κ1) is 32.9. The van der Waals surface area contributed by atoms with E-state index in [0.29, 0.717) is 53.2 Å². The number of hydrogen-bond acceptors (Lipinski definition) is 6. The molecule has 5 rings (SSSR count). The van der Waals surface area contributed by atoms with Crippen molar-refractivity contribution >= 4 is 15.9 Å². The minimum atomic E-state index is -3.66. The molecular formula is C35H51N3O5S. The predicted octanol–water partition coefficient (Wildman–Crippen LogP) is 5.11. The zero-order valence-corrected chi connectivity index (χ0v) is 27.6. The summed E-state index contributed by atoms with van der Waals surface area (Å²) >= 11 is 0. The fourth-order valence-electron chi connectivity index (χ4n) is 7.65. The second-order valence-corrected chi connectivity index (χ2v) is 15.0. The van der Waals surface area contributed by atoms with Gasteiger partial charge in [-0.1, -0.05) is 30.3 Å². The summed E-state index contributed by atoms with van der Waals surface area (Å²) in [6, 6.07) is 15.0. The van der Waals surface area contributed by atoms with Gasteiger partial charge in [-0.2, -0.15) is 4.31 Å². The molecule has 1 amide bonds. The van der Waals surface area contributed by atoms with Gasteiger partial charge in [0.2, 0.25) is 15.9 Å². The van der Waals surface area contributed by atoms with E-state index in [4.69, 9.17) is 9.47 Å². The van der Waals surface area contributed by atoms with Crippen LogP contribution in [0, 0.1) is 25.7 Å². The Balaban J connectivity index is 1.03. The van der Waals surface area contributed by atoms with Crippen LogP contribution in [-0.2, 0) is 26.0 Å². The highest BCUT2D eigenvalue weighted by Crippen LogP contribution is 2.35. The number of ether oxygens (including phenoxy) is 2. The molecule has 9 heteroatoms. The van der Waals surface area contributed by atoms with Gasteiger partial charge in [0.25, 0.3) is 0 Å². The number of sulfonamides is 1. The van der Waals surface area contributed by atoms with E-state index < -0.39 is 10.0 Å². The highest BCUT2D eigenvalue weighted by atomic mass is 32.2. The third-order valence-corrected chi connectivity index (χ3v) is 12.2. The molecule has 2 saturated heterocycles. The lowest BCUT2D eigenvalue weighted by molar-refractivity contribution is -0.127. The maximum absolute atomic E-state index is 13.4. The van der Waals surface area contributed by atoms with Crippen LogP contribution < -0.4 is 10.1 Å². The van der Waals surface area contributed by atoms with Gasteiger partial charge in [-0.15, -0.1) is 0 Å². The van der Waals surface area contributed by atoms with Crippen molar-refractivity contribution in [3.63, 3.8) is 0 Å². The highest BCUT2D eigenvalue weighted by Gasteiger charge is 2.36. The summed E-state index contributed by atoms with van der Waals surface area (Å²) in [6.45, 7) is 7.35. The second-order valence-electron chi connectivity index (χ2n) is 13.1. The van der Waals surface area contributed by atoms with Gasteiger partial charge >= 0.3 is 0 Å². The molecular weight excluding hydrogens is 574 g/mol. The molecule has 1 N–H and O–H groups in total. The Labute approximate surface area is 264 Å². The second kappa shape index (κ2) is 15.2. The summed E-state index contributed by atoms with van der Waals surface area (Å²) in [5.74, 6) is 1.77. The predicted molar refractivity (Wildman–Crippen MR) is 173 cm³/mol. The average Bonchev–Trinajstić information content (AvgIpc) is 3.73. The summed E-state index contributed by atoms with van der Waals surface area (Å²) in [5.41, 5.74) is 2.77. The van der Waals surface area contributed by atoms with Crippen molar-refractivity contribution in [2.45, 2.75) is 88.7 Å². The SMILES string of the molecule is COc1cc(C)c(S(=O)(=O)N2CCC(OCC(=O)NCC3CCC(C(CCc4ccccc4)N4CCCC4)CC3)C2)c(C)c1. The van der Waals surface area contributed by atoms with Crippen LogP contribution >= 0.6 is 0 Å². The molecule has 44 heavy (non-hydrogen) atoms. The third-order valence-electron chi connectivity index (χ3n) is 10.0. The van der Waals surface area contributed by atoms with Crippen molar-refractivity contribution in [3.8, 4) is 5.75 Å². The molecule has 1 aliphatic carbocycles. The van der Waals surface area contributed by atoms with E-state index in [-0.39, 0.29) is 25.2 Å². The Morgan fingerprint density at radius 1 is 0.977 bits per heavy atom. The first-order valence-corrected chi connectivity index (χ1v) is 18.0. The van der Waals surface area contributed by atoms with Crippen LogP contribution in [0.1, 0.15) is 68.1 Å². The number of nitrogens with zero attached hydrogens (tertiary/aromatic N) is 2. The Morgan fingerprint density at radius 2 is 1.66 bits per heavy atom. The Morgan fingerprint density at radius 3 is 2.32 bits per heavy atom. The van der Waals surface area contributed by atoms with Crippen molar-refractivity contribution in [1.29, 1.82) is 0 Å². The normalized spacial score (nSPS) is 23.9. The van der Waals surface area contributed by atoms with Crippen LogP contribution in [0.15, 0.2) is 47.4 Å². The van der Waals surface area contributed by atoms with Gasteiger partial charge in [-0.05, 0) is 125 Å². The largest absolute Gasteiger partial charge is 0.497 e. The molecule has 2 aliphatic heterocycles. The molecule has 3 aliphatic rings. The lowest BCUT2D eigenvalue weighted by Gasteiger charge is -2.39. The number of amides is 1. The van der Waals surface area contributed by atoms with Crippen molar-refractivity contribution in [2.75, 3.05) is 46.4 Å². The summed E-state index contributed by atoms with van der Waals surface area (Å²) in [4.78, 5) is 15.8. The van der Waals surface area contributed by atoms with Gasteiger partial charge in [0.1, 0.15) is 12.4 Å². The molecule has 3 fully saturated rings. The summed E-state index contributed by atoms with van der Waals surface area (Å²) in [6.07, 6.45) is 10.1. The first-order chi connectivity index (χ1) is 21.2. The van der Waals surface area contributed by atoms with Gasteiger partial charge in [0.15, 0.2) is 0 Å². The highest BCUT2D eigenvalue weighted by molar-refractivity contribution is 7.89. The van der Waals surface area contributed by atoms with Crippen molar-refractivity contribution in [2.24, 2.45) is 11.8 Å². The van der Waals surface area contributed by atoms with E-state index in [2.05, 4.69) is 40.5 Å². The van der Waals surface area contributed by atoms with Crippen LogP contribution in [0.2, 0.25) is 0 Å². The summed E-state index contributed by atoms with van der Waals surface area (Å²) < 4.78 is 39.5. The third kappa shape index (κ3) is 8.22. The average molecular weight is 626 g/mol. The minimum Gasteiger partial charge on any atom is -0.497 e. The van der Waals surface area contributed by atoms with Crippen molar-refractivity contribution < 1.29 is 22.7 Å². The van der Waals surface area contributed by atoms with E-state index in [1.54, 1.807) is 33.1 Å². The maximum atomic E-state index is 13.4. The molecule has 2 atom stereocenters. The lowest BCUT2D eigenvalue weighted by atomic mass is 9.76. The molecule has 1 saturated carbocycles. The molecule has 0 radical (unpaired) electrons. The number of rotatable bonds is 13. The standard InChI is InChI=1S/C35H51N3O5S/c1-26-21-32(42-3)22-27(2)35(26)44(40,41)38-20-17-31(24-38)43-25-34(39)36-23-29-11-14-30(15-12-29)33(37-18-7-8-19-37)16-13-28-9-5-4-6-10-28/h4-6,9-10,21-22,29-31,33H,7-8,11-20,23-25H2,1-3H3,(H,36,39). The monoisotopic (exact) mass is 625 g/mol. The van der Waals surface area contributed by atoms with Crippen LogP contribution in [-0.4, -0.2) is 82.1 Å². The number of nitrogens with one attached hydrogen (secondary N) is 1. The minimum absolute atomic E-state index is 0.0367. The number of benzene rings is 2. The molecule has 2 aromatic carbocycles. The quantitative estimate of drug-likeness (QED) is 0.333. The number of aryl methyl sites for hydroxylation is 3. The molecule has 242 valence electrons. The fraction of sp³-hybridized carbons (Fsp3) is 0.629. The van der Waals surface area contributed by atoms with E-state index in [9.17, 15) is 13.2 Å². The van der Waals surface area contributed by atoms with Gasteiger partial charge in [0.05, 0.1) is 18.1 Å². The molecule has 2 aromatic rings. The Bertz CT molecular complexity index is 1310. The number of methoxy groups -OCH3 is 1. The zero-order valence-electron chi connectivity index (χ0n) is 26.8. The number of hydrogen-bond donors (Lipinski definition) is 1.